The fourth-order valence-electron chi connectivity index (χ4n) is 5.61. The normalized spacial score (nSPS) is 13.0. The van der Waals surface area contributed by atoms with E-state index in [4.69, 9.17) is 4.74 Å². The van der Waals surface area contributed by atoms with Gasteiger partial charge in [-0.05, 0) is 107 Å². The predicted octanol–water partition coefficient (Wildman–Crippen LogP) is 14.3. The van der Waals surface area contributed by atoms with Crippen LogP contribution < -0.4 is 10.1 Å². The highest BCUT2D eigenvalue weighted by atomic mass is 16.5. The fraction of sp³-hybridized carbons (Fsp3) is 0.521. The minimum Gasteiger partial charge on any atom is -0.507 e. The number of carbonyl (C=O) groups is 1. The Morgan fingerprint density at radius 2 is 1.53 bits per heavy atom. The third-order valence-corrected chi connectivity index (χ3v) is 8.58. The van der Waals surface area contributed by atoms with Gasteiger partial charge >= 0.3 is 0 Å². The molecule has 1 aliphatic heterocycles. The molecule has 4 rings (SSSR count). The number of Topliss-reactive ketones (excluding diaryl/α,β-unsaturated/α-hetero) is 1. The number of anilines is 2. The summed E-state index contributed by atoms with van der Waals surface area (Å²) in [6.45, 7) is 33.7. The number of allylic oxidation sites excluding steroid dienone is 1. The van der Waals surface area contributed by atoms with Crippen LogP contribution >= 0.6 is 0 Å². The van der Waals surface area contributed by atoms with Crippen LogP contribution in [0.25, 0.3) is 5.57 Å². The molecule has 1 fully saturated rings. The molecule has 0 bridgehead atoms. The lowest BCUT2D eigenvalue weighted by Gasteiger charge is -2.34. The number of phenolic OH excluding ortho intramolecular Hbond substituents is 1. The quantitative estimate of drug-likeness (QED) is 0.135. The molecule has 1 heterocycles. The number of unbranched alkanes of at least 4 members (excludes halogenated alkanes) is 2. The number of aryl methyl sites for hydroxylation is 1. The molecule has 0 aromatic heterocycles. The van der Waals surface area contributed by atoms with Crippen LogP contribution in [0, 0.1) is 5.92 Å². The monoisotopic (exact) mass is 731 g/mol. The molecule has 298 valence electrons. The number of para-hydroxylation sites is 3. The van der Waals surface area contributed by atoms with Gasteiger partial charge in [-0.2, -0.15) is 0 Å². The highest BCUT2D eigenvalue weighted by Gasteiger charge is 2.19. The molecular weight excluding hydrogens is 653 g/mol. The Morgan fingerprint density at radius 1 is 0.925 bits per heavy atom. The van der Waals surface area contributed by atoms with E-state index in [0.717, 1.165) is 83.5 Å². The van der Waals surface area contributed by atoms with E-state index in [0.29, 0.717) is 12.2 Å². The Balaban J connectivity index is 0. The van der Waals surface area contributed by atoms with Crippen LogP contribution in [0.3, 0.4) is 0 Å². The van der Waals surface area contributed by atoms with Crippen molar-refractivity contribution >= 4 is 22.7 Å². The van der Waals surface area contributed by atoms with E-state index in [9.17, 15) is 9.90 Å². The van der Waals surface area contributed by atoms with Crippen LogP contribution in [0.5, 0.6) is 11.5 Å². The Hall–Kier alpha value is -3.83. The molecule has 0 saturated carbocycles. The lowest BCUT2D eigenvalue weighted by Crippen LogP contribution is -2.39. The number of benzene rings is 3. The maximum Gasteiger partial charge on any atom is 0.163 e. The van der Waals surface area contributed by atoms with Gasteiger partial charge in [0.25, 0.3) is 0 Å². The van der Waals surface area contributed by atoms with Crippen molar-refractivity contribution in [2.24, 2.45) is 5.92 Å². The number of piperidine rings is 1. The number of aromatic hydroxyl groups is 1. The zero-order chi connectivity index (χ0) is 40.6. The molecule has 3 aromatic rings. The van der Waals surface area contributed by atoms with Crippen LogP contribution in [0.2, 0.25) is 0 Å². The van der Waals surface area contributed by atoms with Gasteiger partial charge in [0.1, 0.15) is 11.5 Å². The smallest absolute Gasteiger partial charge is 0.163 e. The number of ketones is 1. The Kier molecular flexibility index (Phi) is 31.7. The van der Waals surface area contributed by atoms with E-state index >= 15 is 0 Å². The topological polar surface area (TPSA) is 61.8 Å². The molecular formula is C48H78N2O3. The van der Waals surface area contributed by atoms with Crippen molar-refractivity contribution in [1.82, 2.24) is 4.90 Å². The third-order valence-electron chi connectivity index (χ3n) is 8.58. The lowest BCUT2D eigenvalue weighted by molar-refractivity contribution is 0.0979. The predicted molar refractivity (Wildman–Crippen MR) is 236 cm³/mol. The van der Waals surface area contributed by atoms with Gasteiger partial charge < -0.3 is 20.1 Å². The van der Waals surface area contributed by atoms with Crippen LogP contribution in [-0.4, -0.2) is 42.0 Å². The Morgan fingerprint density at radius 3 is 2.06 bits per heavy atom. The zero-order valence-electron chi connectivity index (χ0n) is 35.8. The summed E-state index contributed by atoms with van der Waals surface area (Å²) in [5.74, 6) is 2.31. The van der Waals surface area contributed by atoms with Gasteiger partial charge in [-0.25, -0.2) is 0 Å². The van der Waals surface area contributed by atoms with E-state index in [1.54, 1.807) is 19.2 Å². The maximum atomic E-state index is 12.7. The number of nitrogens with zero attached hydrogens (tertiary/aromatic N) is 1. The van der Waals surface area contributed by atoms with Gasteiger partial charge in [-0.15, -0.1) is 13.2 Å². The van der Waals surface area contributed by atoms with Crippen molar-refractivity contribution in [2.45, 2.75) is 139 Å². The molecule has 0 aliphatic carbocycles. The van der Waals surface area contributed by atoms with Gasteiger partial charge in [-0.1, -0.05) is 117 Å². The molecule has 2 N–H and O–H groups in total. The average Bonchev–Trinajstić information content (AvgIpc) is 3.19. The largest absolute Gasteiger partial charge is 0.507 e. The summed E-state index contributed by atoms with van der Waals surface area (Å²) in [4.78, 5) is 15.3. The number of hydrogen-bond acceptors (Lipinski definition) is 5. The number of carbonyl (C=O) groups excluding carboxylic acids is 1. The minimum atomic E-state index is 0.247. The first-order chi connectivity index (χ1) is 25.6. The van der Waals surface area contributed by atoms with E-state index in [1.807, 2.05) is 69.3 Å². The van der Waals surface area contributed by atoms with Crippen LogP contribution in [-0.2, 0) is 6.42 Å². The number of rotatable bonds is 13. The molecule has 3 aromatic carbocycles. The summed E-state index contributed by atoms with van der Waals surface area (Å²) >= 11 is 0. The number of ether oxygens (including phenoxy) is 1. The first-order valence-corrected chi connectivity index (χ1v) is 20.3. The zero-order valence-corrected chi connectivity index (χ0v) is 35.8. The van der Waals surface area contributed by atoms with Crippen molar-refractivity contribution in [2.75, 3.05) is 25.5 Å². The fourth-order valence-corrected chi connectivity index (χ4v) is 5.61. The molecule has 5 nitrogen and oxygen atoms in total. The van der Waals surface area contributed by atoms with Crippen molar-refractivity contribution < 1.29 is 14.6 Å². The molecule has 1 saturated heterocycles. The van der Waals surface area contributed by atoms with E-state index < -0.39 is 0 Å². The average molecular weight is 731 g/mol. The van der Waals surface area contributed by atoms with Gasteiger partial charge in [-0.3, -0.25) is 4.79 Å². The summed E-state index contributed by atoms with van der Waals surface area (Å²) in [5.41, 5.74) is 5.55. The standard InChI is InChI=1S/C22H29NO2.C10H21N.C9H10O.C3H8.C2H6.C2H4/c1-4-6-10-17-14-15-18(16-19(17)21(24)12-7-5-2)23-20-11-8-9-13-22(20)25-3;1-4-10-6-5-7-11(8-10)9(2)3;1-7(2)8-5-3-4-6-9(8)10;1-3-2;2*1-2/h8-9,11,13-16,23H,4-7,10,12H2,1-3H3;9-10H,4-8H2,1-3H3;3-6,10H,1H2,2H3;3H2,1-2H3;1-2H3;1-2H2. The van der Waals surface area contributed by atoms with Gasteiger partial charge in [0.15, 0.2) is 5.78 Å². The third kappa shape index (κ3) is 21.5. The van der Waals surface area contributed by atoms with Crippen LogP contribution in [0.4, 0.5) is 11.4 Å². The molecule has 5 heteroatoms. The van der Waals surface area contributed by atoms with Crippen molar-refractivity contribution in [3.05, 3.63) is 103 Å². The van der Waals surface area contributed by atoms with Crippen molar-refractivity contribution in [3.63, 3.8) is 0 Å². The molecule has 1 aliphatic rings. The first kappa shape index (κ1) is 51.3. The summed E-state index contributed by atoms with van der Waals surface area (Å²) < 4.78 is 5.40. The first-order valence-electron chi connectivity index (χ1n) is 20.3. The second-order valence-electron chi connectivity index (χ2n) is 13.3. The Bertz CT molecular complexity index is 1370. The van der Waals surface area contributed by atoms with Crippen molar-refractivity contribution in [1.29, 1.82) is 0 Å². The number of phenols is 1. The number of likely N-dealkylation sites (tertiary alicyclic amines) is 1. The summed E-state index contributed by atoms with van der Waals surface area (Å²) in [7, 11) is 1.66. The summed E-state index contributed by atoms with van der Waals surface area (Å²) in [6, 6.07) is 21.9. The van der Waals surface area contributed by atoms with E-state index in [2.05, 4.69) is 84.5 Å². The van der Waals surface area contributed by atoms with Gasteiger partial charge in [0, 0.05) is 35.8 Å². The number of hydrogen-bond donors (Lipinski definition) is 2. The molecule has 0 amide bonds. The lowest BCUT2D eigenvalue weighted by atomic mass is 9.95. The van der Waals surface area contributed by atoms with Gasteiger partial charge in [0.05, 0.1) is 12.8 Å². The minimum absolute atomic E-state index is 0.247. The second-order valence-corrected chi connectivity index (χ2v) is 13.3. The number of methoxy groups -OCH3 is 1. The van der Waals surface area contributed by atoms with Crippen molar-refractivity contribution in [3.8, 4) is 11.5 Å². The summed E-state index contributed by atoms with van der Waals surface area (Å²) in [5, 5.41) is 12.6. The molecule has 0 spiro atoms. The Labute approximate surface area is 327 Å². The number of nitrogens with one attached hydrogen (secondary N) is 1. The SMILES string of the molecule is C=C.C=C(C)c1ccccc1O.CC.CCC.CCC1CCCN(C(C)C)C1.CCCCC(=O)c1cc(Nc2ccccc2OC)ccc1CCCC. The molecule has 1 unspecified atom stereocenters. The van der Waals surface area contributed by atoms with E-state index in [-0.39, 0.29) is 5.78 Å². The second kappa shape index (κ2) is 32.8. The van der Waals surface area contributed by atoms with Crippen LogP contribution in [0.1, 0.15) is 149 Å². The molecule has 53 heavy (non-hydrogen) atoms. The van der Waals surface area contributed by atoms with Crippen LogP contribution in [0.15, 0.2) is 86.5 Å². The van der Waals surface area contributed by atoms with E-state index in [1.165, 1.54) is 38.8 Å². The molecule has 0 radical (unpaired) electrons. The molecule has 1 atom stereocenters. The maximum absolute atomic E-state index is 12.7. The highest BCUT2D eigenvalue weighted by Crippen LogP contribution is 2.29. The summed E-state index contributed by atoms with van der Waals surface area (Å²) in [6.07, 6.45) is 11.3. The van der Waals surface area contributed by atoms with Gasteiger partial charge in [0.2, 0.25) is 0 Å². The highest BCUT2D eigenvalue weighted by molar-refractivity contribution is 5.98.